The molecule has 5 heteroatoms. The summed E-state index contributed by atoms with van der Waals surface area (Å²) < 4.78 is 1.71. The maximum Gasteiger partial charge on any atom is 0.241 e. The minimum absolute atomic E-state index is 0.197. The van der Waals surface area contributed by atoms with Gasteiger partial charge in [0.25, 0.3) is 0 Å². The van der Waals surface area contributed by atoms with E-state index in [4.69, 9.17) is 5.73 Å². The molecule has 0 fully saturated rings. The molecule has 0 bridgehead atoms. The van der Waals surface area contributed by atoms with Crippen LogP contribution in [0.3, 0.4) is 0 Å². The Hall–Kier alpha value is -2.14. The van der Waals surface area contributed by atoms with E-state index < -0.39 is 6.04 Å². The summed E-state index contributed by atoms with van der Waals surface area (Å²) in [5.41, 5.74) is 7.20. The quantitative estimate of drug-likeness (QED) is 0.899. The van der Waals surface area contributed by atoms with Crippen molar-refractivity contribution in [3.05, 3.63) is 42.7 Å². The molecule has 0 aliphatic heterocycles. The smallest absolute Gasteiger partial charge is 0.241 e. The van der Waals surface area contributed by atoms with Gasteiger partial charge in [0.2, 0.25) is 5.91 Å². The van der Waals surface area contributed by atoms with Crippen LogP contribution in [0.2, 0.25) is 0 Å². The molecule has 1 amide bonds. The molecule has 106 valence electrons. The lowest BCUT2D eigenvalue weighted by molar-refractivity contribution is -0.119. The van der Waals surface area contributed by atoms with E-state index in [0.29, 0.717) is 5.69 Å². The number of anilines is 1. The van der Waals surface area contributed by atoms with E-state index in [0.717, 1.165) is 5.69 Å². The number of nitrogens with zero attached hydrogens (tertiary/aromatic N) is 2. The number of para-hydroxylation sites is 2. The van der Waals surface area contributed by atoms with E-state index in [1.54, 1.807) is 10.9 Å². The van der Waals surface area contributed by atoms with Gasteiger partial charge in [0, 0.05) is 12.4 Å². The van der Waals surface area contributed by atoms with Gasteiger partial charge in [0.05, 0.1) is 17.4 Å². The summed E-state index contributed by atoms with van der Waals surface area (Å²) in [6.07, 6.45) is 3.52. The number of hydrogen-bond acceptors (Lipinski definition) is 3. The van der Waals surface area contributed by atoms with Gasteiger partial charge in [-0.15, -0.1) is 0 Å². The number of hydrogen-bond donors (Lipinski definition) is 2. The molecule has 1 heterocycles. The third kappa shape index (κ3) is 3.05. The number of benzene rings is 1. The van der Waals surface area contributed by atoms with E-state index >= 15 is 0 Å². The Bertz CT molecular complexity index is 584. The van der Waals surface area contributed by atoms with Crippen molar-refractivity contribution in [2.75, 3.05) is 5.32 Å². The van der Waals surface area contributed by atoms with Crippen LogP contribution in [0.15, 0.2) is 42.7 Å². The zero-order chi connectivity index (χ0) is 14.8. The van der Waals surface area contributed by atoms with Gasteiger partial charge in [-0.2, -0.15) is 5.10 Å². The Kier molecular flexibility index (Phi) is 3.90. The third-order valence-corrected chi connectivity index (χ3v) is 3.13. The van der Waals surface area contributed by atoms with Gasteiger partial charge < -0.3 is 11.1 Å². The summed E-state index contributed by atoms with van der Waals surface area (Å²) in [6.45, 7) is 5.82. The van der Waals surface area contributed by atoms with Crippen LogP contribution in [0.25, 0.3) is 5.69 Å². The van der Waals surface area contributed by atoms with Crippen LogP contribution in [-0.4, -0.2) is 21.7 Å². The predicted molar refractivity (Wildman–Crippen MR) is 79.6 cm³/mol. The number of nitrogens with one attached hydrogen (secondary N) is 1. The van der Waals surface area contributed by atoms with Crippen molar-refractivity contribution >= 4 is 11.6 Å². The maximum absolute atomic E-state index is 12.2. The largest absolute Gasteiger partial charge is 0.323 e. The number of nitrogens with two attached hydrogens (primary N) is 1. The fourth-order valence-corrected chi connectivity index (χ4v) is 1.79. The molecule has 1 aromatic carbocycles. The Morgan fingerprint density at radius 1 is 1.30 bits per heavy atom. The lowest BCUT2D eigenvalue weighted by Crippen LogP contribution is -2.45. The second-order valence-corrected chi connectivity index (χ2v) is 5.80. The lowest BCUT2D eigenvalue weighted by atomic mass is 9.87. The molecule has 1 unspecified atom stereocenters. The highest BCUT2D eigenvalue weighted by molar-refractivity contribution is 5.96. The standard InChI is InChI=1S/C15H20N4O/c1-15(2,3)13(16)14(20)18-11-7-4-5-8-12(11)19-10-6-9-17-19/h4-10,13H,16H2,1-3H3,(H,18,20). The first kappa shape index (κ1) is 14.3. The number of carbonyl (C=O) groups is 1. The highest BCUT2D eigenvalue weighted by atomic mass is 16.2. The lowest BCUT2D eigenvalue weighted by Gasteiger charge is -2.26. The molecule has 1 aromatic heterocycles. The molecule has 2 aromatic rings. The van der Waals surface area contributed by atoms with E-state index in [-0.39, 0.29) is 11.3 Å². The molecule has 20 heavy (non-hydrogen) atoms. The zero-order valence-electron chi connectivity index (χ0n) is 12.0. The van der Waals surface area contributed by atoms with Crippen LogP contribution in [0, 0.1) is 5.41 Å². The molecule has 5 nitrogen and oxygen atoms in total. The minimum Gasteiger partial charge on any atom is -0.323 e. The number of aromatic nitrogens is 2. The molecule has 2 rings (SSSR count). The normalized spacial score (nSPS) is 13.0. The Morgan fingerprint density at radius 2 is 2.00 bits per heavy atom. The van der Waals surface area contributed by atoms with Crippen molar-refractivity contribution in [1.82, 2.24) is 9.78 Å². The van der Waals surface area contributed by atoms with Gasteiger partial charge >= 0.3 is 0 Å². The minimum atomic E-state index is -0.576. The SMILES string of the molecule is CC(C)(C)C(N)C(=O)Nc1ccccc1-n1cccn1. The van der Waals surface area contributed by atoms with Crippen LogP contribution in [0.5, 0.6) is 0 Å². The van der Waals surface area contributed by atoms with E-state index in [1.807, 2.05) is 57.3 Å². The van der Waals surface area contributed by atoms with Crippen LogP contribution >= 0.6 is 0 Å². The average Bonchev–Trinajstić information content (AvgIpc) is 2.91. The van der Waals surface area contributed by atoms with Gasteiger partial charge in [-0.1, -0.05) is 32.9 Å². The first-order valence-electron chi connectivity index (χ1n) is 6.55. The molecule has 0 saturated carbocycles. The number of amides is 1. The van der Waals surface area contributed by atoms with E-state index in [1.165, 1.54) is 0 Å². The van der Waals surface area contributed by atoms with Crippen LogP contribution in [0.1, 0.15) is 20.8 Å². The van der Waals surface area contributed by atoms with E-state index in [2.05, 4.69) is 10.4 Å². The molecule has 0 aliphatic rings. The summed E-state index contributed by atoms with van der Waals surface area (Å²) in [6, 6.07) is 8.75. The molecule has 0 spiro atoms. The Morgan fingerprint density at radius 3 is 2.60 bits per heavy atom. The van der Waals surface area contributed by atoms with Gasteiger partial charge in [-0.05, 0) is 23.6 Å². The van der Waals surface area contributed by atoms with E-state index in [9.17, 15) is 4.79 Å². The first-order valence-corrected chi connectivity index (χ1v) is 6.55. The molecule has 0 radical (unpaired) electrons. The molecule has 1 atom stereocenters. The molecular formula is C15H20N4O. The van der Waals surface area contributed by atoms with Gasteiger partial charge in [0.1, 0.15) is 0 Å². The van der Waals surface area contributed by atoms with Crippen LogP contribution in [-0.2, 0) is 4.79 Å². The van der Waals surface area contributed by atoms with Crippen molar-refractivity contribution in [3.8, 4) is 5.69 Å². The summed E-state index contributed by atoms with van der Waals surface area (Å²) in [5.74, 6) is -0.197. The maximum atomic E-state index is 12.2. The fourth-order valence-electron chi connectivity index (χ4n) is 1.79. The summed E-state index contributed by atoms with van der Waals surface area (Å²) in [7, 11) is 0. The Labute approximate surface area is 118 Å². The van der Waals surface area contributed by atoms with Crippen molar-refractivity contribution < 1.29 is 4.79 Å². The van der Waals surface area contributed by atoms with Crippen molar-refractivity contribution in [2.24, 2.45) is 11.1 Å². The van der Waals surface area contributed by atoms with Crippen molar-refractivity contribution in [3.63, 3.8) is 0 Å². The summed E-state index contributed by atoms with van der Waals surface area (Å²) in [4.78, 5) is 12.2. The van der Waals surface area contributed by atoms with Gasteiger partial charge in [0.15, 0.2) is 0 Å². The zero-order valence-corrected chi connectivity index (χ0v) is 12.0. The van der Waals surface area contributed by atoms with Gasteiger partial charge in [-0.3, -0.25) is 4.79 Å². The van der Waals surface area contributed by atoms with Crippen molar-refractivity contribution in [2.45, 2.75) is 26.8 Å². The Balaban J connectivity index is 2.25. The second kappa shape index (κ2) is 5.46. The summed E-state index contributed by atoms with van der Waals surface area (Å²) >= 11 is 0. The number of rotatable bonds is 3. The van der Waals surface area contributed by atoms with Gasteiger partial charge in [-0.25, -0.2) is 4.68 Å². The fraction of sp³-hybridized carbons (Fsp3) is 0.333. The average molecular weight is 272 g/mol. The highest BCUT2D eigenvalue weighted by Gasteiger charge is 2.27. The predicted octanol–water partition coefficient (Wildman–Crippen LogP) is 2.18. The van der Waals surface area contributed by atoms with Crippen LogP contribution < -0.4 is 11.1 Å². The third-order valence-electron chi connectivity index (χ3n) is 3.13. The summed E-state index contributed by atoms with van der Waals surface area (Å²) in [5, 5.41) is 7.06. The van der Waals surface area contributed by atoms with Crippen molar-refractivity contribution in [1.29, 1.82) is 0 Å². The molecule has 0 saturated heterocycles. The molecule has 3 N–H and O–H groups in total. The highest BCUT2D eigenvalue weighted by Crippen LogP contribution is 2.22. The first-order chi connectivity index (χ1) is 9.39. The molecular weight excluding hydrogens is 252 g/mol. The second-order valence-electron chi connectivity index (χ2n) is 5.80. The topological polar surface area (TPSA) is 72.9 Å². The molecule has 0 aliphatic carbocycles. The van der Waals surface area contributed by atoms with Crippen LogP contribution in [0.4, 0.5) is 5.69 Å². The monoisotopic (exact) mass is 272 g/mol. The number of carbonyl (C=O) groups excluding carboxylic acids is 1.